The second-order valence-electron chi connectivity index (χ2n) is 2.15. The van der Waals surface area contributed by atoms with Crippen LogP contribution in [0.3, 0.4) is 0 Å². The van der Waals surface area contributed by atoms with Crippen LogP contribution in [0.2, 0.25) is 0 Å². The van der Waals surface area contributed by atoms with Gasteiger partial charge >= 0.3 is 5.37 Å². The number of nitrogens with one attached hydrogen (secondary N) is 1. The summed E-state index contributed by atoms with van der Waals surface area (Å²) in [5.74, 6) is 0. The van der Waals surface area contributed by atoms with E-state index < -0.39 is 5.37 Å². The Balaban J connectivity index is 2.51. The maximum Gasteiger partial charge on any atom is 0.314 e. The smallest absolute Gasteiger partial charge is 0.314 e. The van der Waals surface area contributed by atoms with Crippen LogP contribution in [0.4, 0.5) is 4.79 Å². The van der Waals surface area contributed by atoms with E-state index in [9.17, 15) is 4.79 Å². The van der Waals surface area contributed by atoms with Gasteiger partial charge in [-0.3, -0.25) is 4.79 Å². The van der Waals surface area contributed by atoms with Gasteiger partial charge in [0.2, 0.25) is 0 Å². The van der Waals surface area contributed by atoms with Gasteiger partial charge in [0, 0.05) is 4.88 Å². The fraction of sp³-hybridized carbons (Fsp3) is 0.286. The molecule has 1 rings (SSSR count). The number of amides is 1. The van der Waals surface area contributed by atoms with Gasteiger partial charge in [-0.05, 0) is 35.5 Å². The largest absolute Gasteiger partial charge is 0.338 e. The van der Waals surface area contributed by atoms with Gasteiger partial charge in [-0.1, -0.05) is 0 Å². The molecule has 0 unspecified atom stereocenters. The number of hydrogen-bond acceptors (Lipinski definition) is 2. The van der Waals surface area contributed by atoms with Crippen molar-refractivity contribution in [1.29, 1.82) is 0 Å². The molecule has 60 valence electrons. The van der Waals surface area contributed by atoms with Crippen LogP contribution in [0.1, 0.15) is 10.4 Å². The van der Waals surface area contributed by atoms with E-state index in [1.807, 2.05) is 18.4 Å². The van der Waals surface area contributed by atoms with Gasteiger partial charge in [-0.25, -0.2) is 0 Å². The summed E-state index contributed by atoms with van der Waals surface area (Å²) in [5.41, 5.74) is 1.19. The molecule has 11 heavy (non-hydrogen) atoms. The zero-order valence-electron chi connectivity index (χ0n) is 6.06. The molecule has 0 radical (unpaired) electrons. The zero-order valence-corrected chi connectivity index (χ0v) is 7.63. The van der Waals surface area contributed by atoms with Crippen molar-refractivity contribution < 1.29 is 4.79 Å². The first-order valence-electron chi connectivity index (χ1n) is 3.16. The van der Waals surface area contributed by atoms with E-state index in [-0.39, 0.29) is 0 Å². The Morgan fingerprint density at radius 2 is 2.55 bits per heavy atom. The third kappa shape index (κ3) is 2.52. The summed E-state index contributed by atoms with van der Waals surface area (Å²) >= 11 is 6.72. The number of aryl methyl sites for hydroxylation is 1. The van der Waals surface area contributed by atoms with Crippen molar-refractivity contribution in [3.05, 3.63) is 21.9 Å². The standard InChI is InChI=1S/C7H8ClNOS/c1-5-2-3-11-6(5)4-9-7(8)10/h2-3H,4H2,1H3,(H,9,10). The molecular formula is C7H8ClNOS. The molecule has 0 spiro atoms. The highest BCUT2D eigenvalue weighted by Crippen LogP contribution is 2.14. The zero-order chi connectivity index (χ0) is 8.27. The van der Waals surface area contributed by atoms with Crippen molar-refractivity contribution in [3.63, 3.8) is 0 Å². The molecule has 1 aromatic heterocycles. The van der Waals surface area contributed by atoms with Crippen molar-refractivity contribution in [3.8, 4) is 0 Å². The summed E-state index contributed by atoms with van der Waals surface area (Å²) in [5, 5.41) is 4.01. The first kappa shape index (κ1) is 8.56. The number of carbonyl (C=O) groups excluding carboxylic acids is 1. The predicted octanol–water partition coefficient (Wildman–Crippen LogP) is 2.50. The second-order valence-corrected chi connectivity index (χ2v) is 3.50. The van der Waals surface area contributed by atoms with Gasteiger partial charge in [-0.15, -0.1) is 11.3 Å². The van der Waals surface area contributed by atoms with E-state index in [2.05, 4.69) is 5.32 Å². The predicted molar refractivity (Wildman–Crippen MR) is 47.1 cm³/mol. The van der Waals surface area contributed by atoms with E-state index in [0.717, 1.165) is 4.88 Å². The lowest BCUT2D eigenvalue weighted by molar-refractivity contribution is 0.259. The first-order valence-corrected chi connectivity index (χ1v) is 4.42. The molecule has 0 aliphatic rings. The van der Waals surface area contributed by atoms with Crippen LogP contribution < -0.4 is 5.32 Å². The van der Waals surface area contributed by atoms with E-state index >= 15 is 0 Å². The van der Waals surface area contributed by atoms with Crippen LogP contribution in [0.5, 0.6) is 0 Å². The molecular weight excluding hydrogens is 182 g/mol. The number of rotatable bonds is 2. The van der Waals surface area contributed by atoms with Crippen LogP contribution in [-0.4, -0.2) is 5.37 Å². The molecule has 0 aliphatic carbocycles. The third-order valence-electron chi connectivity index (χ3n) is 1.36. The molecule has 0 fully saturated rings. The SMILES string of the molecule is Cc1ccsc1CNC(=O)Cl. The van der Waals surface area contributed by atoms with Crippen LogP contribution in [0.25, 0.3) is 0 Å². The first-order chi connectivity index (χ1) is 5.20. The molecule has 0 saturated heterocycles. The molecule has 1 aromatic rings. The molecule has 0 atom stereocenters. The van der Waals surface area contributed by atoms with Crippen molar-refractivity contribution in [2.75, 3.05) is 0 Å². The normalized spacial score (nSPS) is 9.64. The average molecular weight is 190 g/mol. The minimum Gasteiger partial charge on any atom is -0.338 e. The summed E-state index contributed by atoms with van der Waals surface area (Å²) in [6, 6.07) is 2.01. The molecule has 0 saturated carbocycles. The average Bonchev–Trinajstić information content (AvgIpc) is 2.31. The van der Waals surface area contributed by atoms with Gasteiger partial charge < -0.3 is 5.32 Å². The number of hydrogen-bond donors (Lipinski definition) is 1. The number of halogens is 1. The molecule has 0 aliphatic heterocycles. The van der Waals surface area contributed by atoms with E-state index in [4.69, 9.17) is 11.6 Å². The molecule has 0 bridgehead atoms. The maximum atomic E-state index is 10.3. The van der Waals surface area contributed by atoms with Crippen LogP contribution in [0, 0.1) is 6.92 Å². The second kappa shape index (κ2) is 3.74. The summed E-state index contributed by atoms with van der Waals surface area (Å²) in [4.78, 5) is 11.5. The van der Waals surface area contributed by atoms with Crippen molar-refractivity contribution in [2.24, 2.45) is 0 Å². The summed E-state index contributed by atoms with van der Waals surface area (Å²) in [6.45, 7) is 2.54. The monoisotopic (exact) mass is 189 g/mol. The highest BCUT2D eigenvalue weighted by atomic mass is 35.5. The van der Waals surface area contributed by atoms with E-state index in [1.54, 1.807) is 11.3 Å². The Hall–Kier alpha value is -0.540. The fourth-order valence-corrected chi connectivity index (χ4v) is 1.65. The molecule has 1 heterocycles. The molecule has 1 amide bonds. The van der Waals surface area contributed by atoms with Crippen molar-refractivity contribution in [2.45, 2.75) is 13.5 Å². The Morgan fingerprint density at radius 3 is 3.00 bits per heavy atom. The Bertz CT molecular complexity index is 259. The van der Waals surface area contributed by atoms with Crippen LogP contribution >= 0.6 is 22.9 Å². The van der Waals surface area contributed by atoms with Crippen molar-refractivity contribution >= 4 is 28.3 Å². The lowest BCUT2D eigenvalue weighted by Crippen LogP contribution is -2.14. The summed E-state index contributed by atoms with van der Waals surface area (Å²) < 4.78 is 0. The van der Waals surface area contributed by atoms with E-state index in [1.165, 1.54) is 5.56 Å². The molecule has 2 nitrogen and oxygen atoms in total. The molecule has 1 N–H and O–H groups in total. The lowest BCUT2D eigenvalue weighted by Gasteiger charge is -1.97. The highest BCUT2D eigenvalue weighted by Gasteiger charge is 1.99. The van der Waals surface area contributed by atoms with Crippen molar-refractivity contribution in [1.82, 2.24) is 5.32 Å². The third-order valence-corrected chi connectivity index (χ3v) is 2.51. The Labute approximate surface area is 74.2 Å². The minimum absolute atomic E-state index is 0.502. The fourth-order valence-electron chi connectivity index (χ4n) is 0.735. The summed E-state index contributed by atoms with van der Waals surface area (Å²) in [6.07, 6.45) is 0. The van der Waals surface area contributed by atoms with E-state index in [0.29, 0.717) is 6.54 Å². The van der Waals surface area contributed by atoms with Gasteiger partial charge in [0.25, 0.3) is 0 Å². The topological polar surface area (TPSA) is 29.1 Å². The Kier molecular flexibility index (Phi) is 2.91. The van der Waals surface area contributed by atoms with Crippen LogP contribution in [-0.2, 0) is 6.54 Å². The van der Waals surface area contributed by atoms with Gasteiger partial charge in [0.15, 0.2) is 0 Å². The number of carbonyl (C=O) groups is 1. The lowest BCUT2D eigenvalue weighted by atomic mass is 10.3. The molecule has 0 aromatic carbocycles. The quantitative estimate of drug-likeness (QED) is 0.562. The molecule has 4 heteroatoms. The Morgan fingerprint density at radius 1 is 1.82 bits per heavy atom. The summed E-state index contributed by atoms with van der Waals surface area (Å²) in [7, 11) is 0. The number of thiophene rings is 1. The van der Waals surface area contributed by atoms with Gasteiger partial charge in [-0.2, -0.15) is 0 Å². The maximum absolute atomic E-state index is 10.3. The minimum atomic E-state index is -0.502. The highest BCUT2D eigenvalue weighted by molar-refractivity contribution is 7.10. The van der Waals surface area contributed by atoms with Gasteiger partial charge in [0.1, 0.15) is 0 Å². The van der Waals surface area contributed by atoms with Gasteiger partial charge in [0.05, 0.1) is 6.54 Å². The van der Waals surface area contributed by atoms with Crippen LogP contribution in [0.15, 0.2) is 11.4 Å².